The number of amidine groups is 1. The third kappa shape index (κ3) is 3.90. The molecule has 0 unspecified atom stereocenters. The smallest absolute Gasteiger partial charge is 0.279 e. The molecule has 2 aromatic carbocycles. The Kier molecular flexibility index (Phi) is 5.24. The molecule has 2 atom stereocenters. The molecule has 2 heterocycles. The van der Waals surface area contributed by atoms with E-state index in [2.05, 4.69) is 4.99 Å². The van der Waals surface area contributed by atoms with Crippen molar-refractivity contribution in [3.8, 4) is 5.75 Å². The first-order valence-corrected chi connectivity index (χ1v) is 11.7. The minimum Gasteiger partial charge on any atom is -0.497 e. The maximum Gasteiger partial charge on any atom is 0.279 e. The third-order valence-corrected chi connectivity index (χ3v) is 8.13. The topological polar surface area (TPSA) is 119 Å². The van der Waals surface area contributed by atoms with E-state index >= 15 is 0 Å². The maximum atomic E-state index is 12.7. The number of methoxy groups -OCH3 is 1. The van der Waals surface area contributed by atoms with Crippen molar-refractivity contribution in [2.75, 3.05) is 23.5 Å². The molecule has 4 rings (SSSR count). The van der Waals surface area contributed by atoms with Gasteiger partial charge in [0.05, 0.1) is 29.6 Å². The van der Waals surface area contributed by atoms with E-state index < -0.39 is 20.7 Å². The van der Waals surface area contributed by atoms with Crippen molar-refractivity contribution in [3.63, 3.8) is 0 Å². The molecule has 0 radical (unpaired) electrons. The summed E-state index contributed by atoms with van der Waals surface area (Å²) in [4.78, 5) is 29.1. The molecule has 2 aliphatic heterocycles. The Hall–Kier alpha value is -2.92. The van der Waals surface area contributed by atoms with E-state index in [1.165, 1.54) is 36.0 Å². The first-order valence-electron chi connectivity index (χ1n) is 8.95. The number of hydrogen-bond acceptors (Lipinski definition) is 7. The van der Waals surface area contributed by atoms with E-state index in [1.807, 2.05) is 0 Å². The van der Waals surface area contributed by atoms with Gasteiger partial charge in [-0.15, -0.1) is 0 Å². The minimum atomic E-state index is -3.18. The number of fused-ring (bicyclic) bond motifs is 1. The van der Waals surface area contributed by atoms with Crippen LogP contribution < -0.4 is 9.64 Å². The number of thioether (sulfide) groups is 1. The molecule has 9 nitrogen and oxygen atoms in total. The standard InChI is InChI=1S/C19H17N3O6S2/c1-28-15-7-5-13(6-8-15)21-16-10-30(26,27)11-17(16)29-19(21)20-18(23)12-3-2-4-14(9-12)22(24)25/h2-9,16-17H,10-11H2,1H3/t16-,17+/m0/s1. The number of sulfone groups is 1. The highest BCUT2D eigenvalue weighted by atomic mass is 32.2. The zero-order valence-electron chi connectivity index (χ0n) is 15.8. The summed E-state index contributed by atoms with van der Waals surface area (Å²) in [7, 11) is -1.63. The van der Waals surface area contributed by atoms with Crippen LogP contribution in [0.3, 0.4) is 0 Å². The summed E-state index contributed by atoms with van der Waals surface area (Å²) in [5, 5.41) is 11.1. The molecule has 0 N–H and O–H groups in total. The lowest BCUT2D eigenvalue weighted by molar-refractivity contribution is -0.384. The van der Waals surface area contributed by atoms with Gasteiger partial charge in [0.25, 0.3) is 11.6 Å². The molecule has 11 heteroatoms. The van der Waals surface area contributed by atoms with Gasteiger partial charge in [0, 0.05) is 28.6 Å². The van der Waals surface area contributed by atoms with Crippen LogP contribution in [0.1, 0.15) is 10.4 Å². The van der Waals surface area contributed by atoms with Gasteiger partial charge in [-0.3, -0.25) is 14.9 Å². The Morgan fingerprint density at radius 3 is 2.63 bits per heavy atom. The number of ether oxygens (including phenoxy) is 1. The second kappa shape index (κ2) is 7.73. The van der Waals surface area contributed by atoms with Crippen molar-refractivity contribution >= 4 is 44.0 Å². The maximum absolute atomic E-state index is 12.7. The van der Waals surface area contributed by atoms with Crippen molar-refractivity contribution in [1.29, 1.82) is 0 Å². The molecule has 2 aliphatic rings. The number of benzene rings is 2. The predicted molar refractivity (Wildman–Crippen MR) is 114 cm³/mol. The van der Waals surface area contributed by atoms with Crippen molar-refractivity contribution < 1.29 is 22.9 Å². The Morgan fingerprint density at radius 1 is 1.23 bits per heavy atom. The quantitative estimate of drug-likeness (QED) is 0.518. The Morgan fingerprint density at radius 2 is 1.97 bits per heavy atom. The average Bonchev–Trinajstić information content (AvgIpc) is 3.18. The Bertz CT molecular complexity index is 1150. The lowest BCUT2D eigenvalue weighted by Crippen LogP contribution is -2.37. The van der Waals surface area contributed by atoms with Gasteiger partial charge in [-0.1, -0.05) is 17.8 Å². The second-order valence-electron chi connectivity index (χ2n) is 6.88. The van der Waals surface area contributed by atoms with Crippen molar-refractivity contribution in [1.82, 2.24) is 0 Å². The SMILES string of the molecule is COc1ccc(N2C(=NC(=O)c3cccc([N+](=O)[O-])c3)S[C@@H]3CS(=O)(=O)C[C@@H]32)cc1. The summed E-state index contributed by atoms with van der Waals surface area (Å²) in [6, 6.07) is 12.1. The molecule has 0 saturated carbocycles. The van der Waals surface area contributed by atoms with Crippen LogP contribution in [0.4, 0.5) is 11.4 Å². The number of carbonyl (C=O) groups excluding carboxylic acids is 1. The molecule has 156 valence electrons. The highest BCUT2D eigenvalue weighted by molar-refractivity contribution is 8.16. The molecular formula is C19H17N3O6S2. The molecule has 1 amide bonds. The number of anilines is 1. The number of nitro benzene ring substituents is 1. The van der Waals surface area contributed by atoms with E-state index in [-0.39, 0.29) is 34.0 Å². The molecule has 2 aromatic rings. The van der Waals surface area contributed by atoms with E-state index in [1.54, 1.807) is 36.3 Å². The summed E-state index contributed by atoms with van der Waals surface area (Å²) in [6.07, 6.45) is 0. The fraction of sp³-hybridized carbons (Fsp3) is 0.263. The molecule has 0 bridgehead atoms. The molecule has 0 aromatic heterocycles. The molecule has 0 spiro atoms. The second-order valence-corrected chi connectivity index (χ2v) is 10.2. The van der Waals surface area contributed by atoms with Crippen LogP contribution in [0.15, 0.2) is 53.5 Å². The molecule has 2 fully saturated rings. The first-order chi connectivity index (χ1) is 14.3. The van der Waals surface area contributed by atoms with Crippen LogP contribution in [0.5, 0.6) is 5.75 Å². The van der Waals surface area contributed by atoms with Gasteiger partial charge >= 0.3 is 0 Å². The zero-order chi connectivity index (χ0) is 21.5. The van der Waals surface area contributed by atoms with Crippen LogP contribution in [-0.2, 0) is 9.84 Å². The number of hydrogen-bond donors (Lipinski definition) is 0. The van der Waals surface area contributed by atoms with Crippen molar-refractivity contribution in [3.05, 3.63) is 64.2 Å². The number of non-ortho nitro benzene ring substituents is 1. The summed E-state index contributed by atoms with van der Waals surface area (Å²) in [5.74, 6) is 0.00889. The fourth-order valence-corrected chi connectivity index (χ4v) is 7.43. The van der Waals surface area contributed by atoms with Crippen molar-refractivity contribution in [2.45, 2.75) is 11.3 Å². The van der Waals surface area contributed by atoms with E-state index in [0.29, 0.717) is 16.6 Å². The zero-order valence-corrected chi connectivity index (χ0v) is 17.4. The van der Waals surface area contributed by atoms with Gasteiger partial charge < -0.3 is 9.64 Å². The van der Waals surface area contributed by atoms with Crippen LogP contribution in [0.25, 0.3) is 0 Å². The summed E-state index contributed by atoms with van der Waals surface area (Å²) >= 11 is 1.24. The van der Waals surface area contributed by atoms with Gasteiger partial charge in [0.15, 0.2) is 15.0 Å². The van der Waals surface area contributed by atoms with E-state index in [4.69, 9.17) is 4.74 Å². The summed E-state index contributed by atoms with van der Waals surface area (Å²) in [6.45, 7) is 0. The van der Waals surface area contributed by atoms with Gasteiger partial charge in [-0.2, -0.15) is 4.99 Å². The first kappa shape index (κ1) is 20.4. The largest absolute Gasteiger partial charge is 0.497 e. The van der Waals surface area contributed by atoms with Gasteiger partial charge in [0.2, 0.25) is 0 Å². The third-order valence-electron chi connectivity index (χ3n) is 4.92. The Balaban J connectivity index is 1.70. The van der Waals surface area contributed by atoms with Crippen LogP contribution in [0, 0.1) is 10.1 Å². The number of aliphatic imine (C=N–C) groups is 1. The van der Waals surface area contributed by atoms with E-state index in [0.717, 1.165) is 0 Å². The number of rotatable bonds is 4. The molecule has 30 heavy (non-hydrogen) atoms. The predicted octanol–water partition coefficient (Wildman–Crippen LogP) is 2.52. The molecule has 0 aliphatic carbocycles. The molecule has 2 saturated heterocycles. The van der Waals surface area contributed by atoms with Crippen LogP contribution in [0.2, 0.25) is 0 Å². The number of nitrogens with zero attached hydrogens (tertiary/aromatic N) is 3. The van der Waals surface area contributed by atoms with Crippen molar-refractivity contribution in [2.24, 2.45) is 4.99 Å². The number of amides is 1. The van der Waals surface area contributed by atoms with E-state index in [9.17, 15) is 23.3 Å². The number of nitro groups is 1. The van der Waals surface area contributed by atoms with Gasteiger partial charge in [-0.05, 0) is 30.3 Å². The monoisotopic (exact) mass is 447 g/mol. The average molecular weight is 447 g/mol. The summed E-state index contributed by atoms with van der Waals surface area (Å²) < 4.78 is 29.5. The summed E-state index contributed by atoms with van der Waals surface area (Å²) in [5.41, 5.74) is 0.588. The van der Waals surface area contributed by atoms with Crippen LogP contribution >= 0.6 is 11.8 Å². The molecular weight excluding hydrogens is 430 g/mol. The number of carbonyl (C=O) groups is 1. The van der Waals surface area contributed by atoms with Gasteiger partial charge in [0.1, 0.15) is 5.75 Å². The normalized spacial score (nSPS) is 23.4. The highest BCUT2D eigenvalue weighted by Crippen LogP contribution is 2.41. The lowest BCUT2D eigenvalue weighted by Gasteiger charge is -2.24. The van der Waals surface area contributed by atoms with Crippen LogP contribution in [-0.4, -0.2) is 54.3 Å². The highest BCUT2D eigenvalue weighted by Gasteiger charge is 2.49. The lowest BCUT2D eigenvalue weighted by atomic mass is 10.2. The van der Waals surface area contributed by atoms with Gasteiger partial charge in [-0.25, -0.2) is 8.42 Å². The fourth-order valence-electron chi connectivity index (χ4n) is 3.51. The minimum absolute atomic E-state index is 0.0129. The Labute approximate surface area is 176 Å².